The van der Waals surface area contributed by atoms with Crippen molar-refractivity contribution in [3.05, 3.63) is 36.5 Å². The first-order valence-corrected chi connectivity index (χ1v) is 6.12. The average Bonchev–Trinajstić information content (AvgIpc) is 2.98. The molecular weight excluding hydrogens is 260 g/mol. The third kappa shape index (κ3) is 3.50. The molecule has 1 aromatic heterocycles. The largest absolute Gasteiger partial charge is 0.497 e. The van der Waals surface area contributed by atoms with Crippen LogP contribution in [0, 0.1) is 0 Å². The van der Waals surface area contributed by atoms with Gasteiger partial charge in [-0.2, -0.15) is 0 Å². The summed E-state index contributed by atoms with van der Waals surface area (Å²) in [6.07, 6.45) is 3.71. The third-order valence-corrected chi connectivity index (χ3v) is 2.77. The van der Waals surface area contributed by atoms with Crippen LogP contribution in [0.5, 0.6) is 11.5 Å². The third-order valence-electron chi connectivity index (χ3n) is 2.77. The summed E-state index contributed by atoms with van der Waals surface area (Å²) in [6, 6.07) is 5.22. The van der Waals surface area contributed by atoms with E-state index in [2.05, 4.69) is 10.3 Å². The van der Waals surface area contributed by atoms with Gasteiger partial charge in [0.1, 0.15) is 17.8 Å². The second kappa shape index (κ2) is 6.60. The van der Waals surface area contributed by atoms with E-state index in [1.165, 1.54) is 12.7 Å². The first-order valence-electron chi connectivity index (χ1n) is 6.12. The zero-order chi connectivity index (χ0) is 14.4. The Balaban J connectivity index is 1.99. The zero-order valence-electron chi connectivity index (χ0n) is 11.4. The summed E-state index contributed by atoms with van der Waals surface area (Å²) in [6.45, 7) is 0. The Kier molecular flexibility index (Phi) is 4.60. The number of rotatable bonds is 6. The van der Waals surface area contributed by atoms with Gasteiger partial charge >= 0.3 is 0 Å². The lowest BCUT2D eigenvalue weighted by Gasteiger charge is -2.11. The van der Waals surface area contributed by atoms with Crippen LogP contribution >= 0.6 is 0 Å². The lowest BCUT2D eigenvalue weighted by atomic mass is 10.2. The van der Waals surface area contributed by atoms with Gasteiger partial charge in [-0.05, 0) is 12.1 Å². The summed E-state index contributed by atoms with van der Waals surface area (Å²) in [5, 5.41) is 2.80. The highest BCUT2D eigenvalue weighted by Gasteiger charge is 2.10. The highest BCUT2D eigenvalue weighted by atomic mass is 16.5. The van der Waals surface area contributed by atoms with Gasteiger partial charge in [0.05, 0.1) is 25.6 Å². The molecule has 1 N–H and O–H groups in total. The molecule has 0 bridgehead atoms. The maximum absolute atomic E-state index is 11.9. The predicted molar refractivity (Wildman–Crippen MR) is 73.0 cm³/mol. The standard InChI is InChI=1S/C14H16N2O4/c1-18-11-4-5-13(19-2)12(7-11)16-14(17)6-3-10-8-20-9-15-10/h4-5,7-9H,3,6H2,1-2H3,(H,16,17). The Morgan fingerprint density at radius 2 is 2.20 bits per heavy atom. The van der Waals surface area contributed by atoms with E-state index in [9.17, 15) is 4.79 Å². The Morgan fingerprint density at radius 3 is 2.85 bits per heavy atom. The number of amides is 1. The Bertz CT molecular complexity index is 567. The number of oxazole rings is 1. The summed E-state index contributed by atoms with van der Waals surface area (Å²) >= 11 is 0. The highest BCUT2D eigenvalue weighted by molar-refractivity contribution is 5.92. The van der Waals surface area contributed by atoms with Crippen molar-refractivity contribution in [1.29, 1.82) is 0 Å². The van der Waals surface area contributed by atoms with Crippen molar-refractivity contribution < 1.29 is 18.7 Å². The van der Waals surface area contributed by atoms with Crippen molar-refractivity contribution in [2.75, 3.05) is 19.5 Å². The molecule has 0 aliphatic carbocycles. The molecule has 6 heteroatoms. The molecule has 0 saturated heterocycles. The predicted octanol–water partition coefficient (Wildman–Crippen LogP) is 2.26. The van der Waals surface area contributed by atoms with Crippen LogP contribution in [0.3, 0.4) is 0 Å². The molecule has 0 spiro atoms. The number of methoxy groups -OCH3 is 2. The van der Waals surface area contributed by atoms with E-state index in [4.69, 9.17) is 13.9 Å². The molecule has 0 atom stereocenters. The minimum atomic E-state index is -0.125. The lowest BCUT2D eigenvalue weighted by Crippen LogP contribution is -2.13. The summed E-state index contributed by atoms with van der Waals surface area (Å²) in [4.78, 5) is 15.9. The number of carbonyl (C=O) groups excluding carboxylic acids is 1. The lowest BCUT2D eigenvalue weighted by molar-refractivity contribution is -0.116. The van der Waals surface area contributed by atoms with Crippen molar-refractivity contribution in [2.24, 2.45) is 0 Å². The molecule has 0 aliphatic rings. The fourth-order valence-electron chi connectivity index (χ4n) is 1.73. The van der Waals surface area contributed by atoms with Crippen LogP contribution in [-0.4, -0.2) is 25.1 Å². The topological polar surface area (TPSA) is 73.6 Å². The zero-order valence-corrected chi connectivity index (χ0v) is 11.4. The molecule has 1 amide bonds. The van der Waals surface area contributed by atoms with Crippen LogP contribution < -0.4 is 14.8 Å². The SMILES string of the molecule is COc1ccc(OC)c(NC(=O)CCc2cocn2)c1. The van der Waals surface area contributed by atoms with E-state index < -0.39 is 0 Å². The number of hydrogen-bond acceptors (Lipinski definition) is 5. The summed E-state index contributed by atoms with van der Waals surface area (Å²) in [7, 11) is 3.12. The molecule has 20 heavy (non-hydrogen) atoms. The maximum Gasteiger partial charge on any atom is 0.224 e. The number of hydrogen-bond donors (Lipinski definition) is 1. The van der Waals surface area contributed by atoms with Crippen molar-refractivity contribution in [3.63, 3.8) is 0 Å². The van der Waals surface area contributed by atoms with Crippen molar-refractivity contribution in [1.82, 2.24) is 4.98 Å². The average molecular weight is 276 g/mol. The van der Waals surface area contributed by atoms with E-state index >= 15 is 0 Å². The minimum Gasteiger partial charge on any atom is -0.497 e. The second-order valence-electron chi connectivity index (χ2n) is 4.09. The van der Waals surface area contributed by atoms with Crippen LogP contribution in [0.2, 0.25) is 0 Å². The van der Waals surface area contributed by atoms with Crippen LogP contribution in [0.1, 0.15) is 12.1 Å². The highest BCUT2D eigenvalue weighted by Crippen LogP contribution is 2.28. The number of anilines is 1. The van der Waals surface area contributed by atoms with Crippen LogP contribution in [0.4, 0.5) is 5.69 Å². The van der Waals surface area contributed by atoms with E-state index in [-0.39, 0.29) is 5.91 Å². The van der Waals surface area contributed by atoms with Gasteiger partial charge in [-0.1, -0.05) is 0 Å². The summed E-state index contributed by atoms with van der Waals surface area (Å²) < 4.78 is 15.2. The quantitative estimate of drug-likeness (QED) is 0.876. The first kappa shape index (κ1) is 13.9. The summed E-state index contributed by atoms with van der Waals surface area (Å²) in [5.41, 5.74) is 1.33. The van der Waals surface area contributed by atoms with Gasteiger partial charge in [0.25, 0.3) is 0 Å². The van der Waals surface area contributed by atoms with Gasteiger partial charge in [0.2, 0.25) is 5.91 Å². The maximum atomic E-state index is 11.9. The van der Waals surface area contributed by atoms with E-state index in [0.717, 1.165) is 5.69 Å². The van der Waals surface area contributed by atoms with E-state index in [1.54, 1.807) is 32.4 Å². The fourth-order valence-corrected chi connectivity index (χ4v) is 1.73. The number of benzene rings is 1. The molecule has 6 nitrogen and oxygen atoms in total. The summed E-state index contributed by atoms with van der Waals surface area (Å²) in [5.74, 6) is 1.11. The number of aryl methyl sites for hydroxylation is 1. The van der Waals surface area contributed by atoms with Gasteiger partial charge in [-0.3, -0.25) is 4.79 Å². The van der Waals surface area contributed by atoms with Gasteiger partial charge < -0.3 is 19.2 Å². The molecule has 0 radical (unpaired) electrons. The molecule has 2 rings (SSSR count). The van der Waals surface area contributed by atoms with E-state index in [1.807, 2.05) is 0 Å². The molecule has 1 aromatic carbocycles. The molecule has 0 saturated carbocycles. The number of aromatic nitrogens is 1. The molecule has 106 valence electrons. The van der Waals surface area contributed by atoms with Crippen molar-refractivity contribution >= 4 is 11.6 Å². The van der Waals surface area contributed by atoms with Crippen LogP contribution in [-0.2, 0) is 11.2 Å². The number of nitrogens with zero attached hydrogens (tertiary/aromatic N) is 1. The normalized spacial score (nSPS) is 10.1. The monoisotopic (exact) mass is 276 g/mol. The number of carbonyl (C=O) groups is 1. The second-order valence-corrected chi connectivity index (χ2v) is 4.09. The molecule has 1 heterocycles. The van der Waals surface area contributed by atoms with Crippen LogP contribution in [0.15, 0.2) is 35.3 Å². The van der Waals surface area contributed by atoms with Crippen LogP contribution in [0.25, 0.3) is 0 Å². The molecule has 0 unspecified atom stereocenters. The first-order chi connectivity index (χ1) is 9.72. The number of ether oxygens (including phenoxy) is 2. The van der Waals surface area contributed by atoms with Gasteiger partial charge in [-0.15, -0.1) is 0 Å². The van der Waals surface area contributed by atoms with Gasteiger partial charge in [0, 0.05) is 18.9 Å². The molecule has 0 fully saturated rings. The molecular formula is C14H16N2O4. The molecule has 0 aliphatic heterocycles. The molecule has 2 aromatic rings. The fraction of sp³-hybridized carbons (Fsp3) is 0.286. The van der Waals surface area contributed by atoms with Crippen molar-refractivity contribution in [2.45, 2.75) is 12.8 Å². The van der Waals surface area contributed by atoms with Gasteiger partial charge in [0.15, 0.2) is 6.39 Å². The minimum absolute atomic E-state index is 0.125. The number of nitrogens with one attached hydrogen (secondary N) is 1. The van der Waals surface area contributed by atoms with Gasteiger partial charge in [-0.25, -0.2) is 4.98 Å². The Hall–Kier alpha value is -2.50. The smallest absolute Gasteiger partial charge is 0.224 e. The Labute approximate surface area is 116 Å². The van der Waals surface area contributed by atoms with E-state index in [0.29, 0.717) is 30.0 Å². The Morgan fingerprint density at radius 1 is 1.35 bits per heavy atom. The van der Waals surface area contributed by atoms with Crippen molar-refractivity contribution in [3.8, 4) is 11.5 Å².